The van der Waals surface area contributed by atoms with Crippen LogP contribution in [-0.2, 0) is 9.53 Å². The molecular weight excluding hydrogens is 352 g/mol. The molecule has 8 nitrogen and oxygen atoms in total. The van der Waals surface area contributed by atoms with Crippen LogP contribution in [0.2, 0.25) is 0 Å². The highest BCUT2D eigenvalue weighted by molar-refractivity contribution is 5.99. The predicted octanol–water partition coefficient (Wildman–Crippen LogP) is 3.77. The first-order valence-corrected chi connectivity index (χ1v) is 8.72. The van der Waals surface area contributed by atoms with Crippen LogP contribution in [0.1, 0.15) is 44.2 Å². The molecule has 2 aliphatic rings. The van der Waals surface area contributed by atoms with Crippen LogP contribution in [0.4, 0.5) is 16.2 Å². The minimum absolute atomic E-state index is 0.116. The minimum atomic E-state index is -1.16. The molecule has 0 spiro atoms. The highest BCUT2D eigenvalue weighted by Gasteiger charge is 2.51. The highest BCUT2D eigenvalue weighted by Crippen LogP contribution is 2.52. The number of nitro benzene ring substituents is 1. The summed E-state index contributed by atoms with van der Waals surface area (Å²) in [4.78, 5) is 37.3. The number of amides is 1. The number of anilines is 1. The van der Waals surface area contributed by atoms with Crippen molar-refractivity contribution in [1.29, 1.82) is 0 Å². The summed E-state index contributed by atoms with van der Waals surface area (Å²) in [6, 6.07) is 1.78. The first kappa shape index (κ1) is 18.9. The topological polar surface area (TPSA) is 110 Å². The number of aryl methyl sites for hydroxylation is 1. The van der Waals surface area contributed by atoms with E-state index in [0.717, 1.165) is 4.90 Å². The molecule has 27 heavy (non-hydrogen) atoms. The molecule has 0 fully saturated rings. The van der Waals surface area contributed by atoms with Crippen molar-refractivity contribution in [2.45, 2.75) is 51.7 Å². The maximum absolute atomic E-state index is 13.0. The molecule has 1 aromatic rings. The minimum Gasteiger partial charge on any atom is -0.480 e. The van der Waals surface area contributed by atoms with Crippen LogP contribution >= 0.6 is 0 Å². The molecule has 1 heterocycles. The van der Waals surface area contributed by atoms with E-state index in [1.165, 1.54) is 12.1 Å². The lowest BCUT2D eigenvalue weighted by Gasteiger charge is -2.42. The second kappa shape index (κ2) is 6.37. The number of hydrogen-bond donors (Lipinski definition) is 1. The summed E-state index contributed by atoms with van der Waals surface area (Å²) in [5.74, 6) is -2.07. The number of nitrogens with zero attached hydrogens (tertiary/aromatic N) is 2. The van der Waals surface area contributed by atoms with Gasteiger partial charge in [-0.2, -0.15) is 0 Å². The van der Waals surface area contributed by atoms with Crippen molar-refractivity contribution in [2.24, 2.45) is 5.92 Å². The summed E-state index contributed by atoms with van der Waals surface area (Å²) >= 11 is 0. The van der Waals surface area contributed by atoms with Crippen molar-refractivity contribution in [1.82, 2.24) is 0 Å². The quantitative estimate of drug-likeness (QED) is 0.479. The number of ether oxygens (including phenoxy) is 1. The fraction of sp³-hybridized carbons (Fsp3) is 0.474. The van der Waals surface area contributed by atoms with Crippen LogP contribution in [-0.4, -0.2) is 33.7 Å². The smallest absolute Gasteiger partial charge is 0.415 e. The Kier molecular flexibility index (Phi) is 4.45. The third-order valence-electron chi connectivity index (χ3n) is 4.91. The van der Waals surface area contributed by atoms with Crippen LogP contribution in [0.25, 0.3) is 0 Å². The largest absolute Gasteiger partial charge is 0.480 e. The van der Waals surface area contributed by atoms with Gasteiger partial charge in [-0.3, -0.25) is 15.0 Å². The monoisotopic (exact) mass is 374 g/mol. The number of rotatable bonds is 2. The number of fused-ring (bicyclic) bond motifs is 3. The molecule has 1 aliphatic heterocycles. The Hall–Kier alpha value is -2.90. The Morgan fingerprint density at radius 1 is 1.33 bits per heavy atom. The lowest BCUT2D eigenvalue weighted by molar-refractivity contribution is -0.385. The van der Waals surface area contributed by atoms with Crippen LogP contribution in [0.15, 0.2) is 24.3 Å². The molecular formula is C19H22N2O6. The fourth-order valence-electron chi connectivity index (χ4n) is 3.96. The average molecular weight is 374 g/mol. The number of benzene rings is 1. The third-order valence-corrected chi connectivity index (χ3v) is 4.91. The number of carboxylic acids is 1. The molecule has 0 bridgehead atoms. The second-order valence-corrected chi connectivity index (χ2v) is 7.91. The van der Waals surface area contributed by atoms with E-state index in [0.29, 0.717) is 17.5 Å². The van der Waals surface area contributed by atoms with Crippen molar-refractivity contribution in [3.8, 4) is 0 Å². The van der Waals surface area contributed by atoms with Gasteiger partial charge >= 0.3 is 12.1 Å². The molecule has 1 aromatic carbocycles. The van der Waals surface area contributed by atoms with Gasteiger partial charge < -0.3 is 9.84 Å². The number of aliphatic carboxylic acids is 1. The third kappa shape index (κ3) is 3.15. The highest BCUT2D eigenvalue weighted by atomic mass is 16.6. The summed E-state index contributed by atoms with van der Waals surface area (Å²) in [6.07, 6.45) is 3.23. The van der Waals surface area contributed by atoms with Gasteiger partial charge in [0.25, 0.3) is 5.69 Å². The van der Waals surface area contributed by atoms with Crippen molar-refractivity contribution >= 4 is 23.4 Å². The lowest BCUT2D eigenvalue weighted by atomic mass is 9.76. The van der Waals surface area contributed by atoms with Gasteiger partial charge in [-0.05, 0) is 39.7 Å². The van der Waals surface area contributed by atoms with E-state index in [1.54, 1.807) is 33.8 Å². The van der Waals surface area contributed by atoms with Gasteiger partial charge in [-0.25, -0.2) is 9.59 Å². The van der Waals surface area contributed by atoms with Gasteiger partial charge in [-0.15, -0.1) is 0 Å². The summed E-state index contributed by atoms with van der Waals surface area (Å²) in [7, 11) is 0. The number of hydrogen-bond acceptors (Lipinski definition) is 5. The Balaban J connectivity index is 2.27. The molecule has 0 aromatic heterocycles. The summed E-state index contributed by atoms with van der Waals surface area (Å²) in [5, 5.41) is 21.5. The molecule has 144 valence electrons. The molecule has 8 heteroatoms. The van der Waals surface area contributed by atoms with Gasteiger partial charge in [0.2, 0.25) is 0 Å². The van der Waals surface area contributed by atoms with Crippen molar-refractivity contribution in [3.63, 3.8) is 0 Å². The zero-order chi connectivity index (χ0) is 20.1. The number of carboxylic acid groups (broad SMARTS) is 1. The van der Waals surface area contributed by atoms with E-state index in [9.17, 15) is 24.8 Å². The van der Waals surface area contributed by atoms with Crippen LogP contribution < -0.4 is 4.90 Å². The standard InChI is InChI=1S/C19H22N2O6/c1-10-8-9-13(21(25)26)14-11-6-5-7-12(11)16(17(22)23)20(15(10)14)18(24)27-19(2,3)4/h5-6,8-9,11-12,16H,7H2,1-4H3,(H,22,23)/t11-,12+,16-/m1/s1. The zero-order valence-electron chi connectivity index (χ0n) is 15.6. The van der Waals surface area contributed by atoms with Gasteiger partial charge in [0.15, 0.2) is 0 Å². The molecule has 0 unspecified atom stereocenters. The Morgan fingerprint density at radius 2 is 2.00 bits per heavy atom. The van der Waals surface area contributed by atoms with Crippen molar-refractivity contribution < 1.29 is 24.4 Å². The molecule has 3 atom stereocenters. The van der Waals surface area contributed by atoms with Crippen molar-refractivity contribution in [3.05, 3.63) is 45.5 Å². The van der Waals surface area contributed by atoms with E-state index in [4.69, 9.17) is 4.74 Å². The fourth-order valence-corrected chi connectivity index (χ4v) is 3.96. The average Bonchev–Trinajstić information content (AvgIpc) is 3.00. The number of allylic oxidation sites excluding steroid dienone is 2. The van der Waals surface area contributed by atoms with E-state index >= 15 is 0 Å². The molecule has 0 radical (unpaired) electrons. The number of carbonyl (C=O) groups is 2. The molecule has 1 N–H and O–H groups in total. The first-order valence-electron chi connectivity index (χ1n) is 8.72. The zero-order valence-corrected chi connectivity index (χ0v) is 15.6. The van der Waals surface area contributed by atoms with Crippen LogP contribution in [0.5, 0.6) is 0 Å². The SMILES string of the molecule is Cc1ccc([N+](=O)[O-])c2c1N(C(=O)OC(C)(C)C)[C@@H](C(=O)O)[C@H]1CC=C[C@@H]21. The van der Waals surface area contributed by atoms with Gasteiger partial charge in [0.05, 0.1) is 16.2 Å². The van der Waals surface area contributed by atoms with E-state index < -0.39 is 40.5 Å². The first-order chi connectivity index (χ1) is 12.5. The number of nitro groups is 1. The Labute approximate surface area is 156 Å². The molecule has 0 saturated carbocycles. The Bertz CT molecular complexity index is 854. The van der Waals surface area contributed by atoms with Crippen molar-refractivity contribution in [2.75, 3.05) is 4.90 Å². The molecule has 1 amide bonds. The van der Waals surface area contributed by atoms with Crippen LogP contribution in [0.3, 0.4) is 0 Å². The summed E-state index contributed by atoms with van der Waals surface area (Å²) in [5.41, 5.74) is 0.279. The van der Waals surface area contributed by atoms with Gasteiger partial charge in [-0.1, -0.05) is 18.2 Å². The van der Waals surface area contributed by atoms with E-state index in [-0.39, 0.29) is 11.4 Å². The summed E-state index contributed by atoms with van der Waals surface area (Å²) in [6.45, 7) is 6.76. The maximum atomic E-state index is 13.0. The normalized spacial score (nSPS) is 23.6. The van der Waals surface area contributed by atoms with Crippen LogP contribution in [0, 0.1) is 23.0 Å². The van der Waals surface area contributed by atoms with Gasteiger partial charge in [0, 0.05) is 17.9 Å². The van der Waals surface area contributed by atoms with E-state index in [2.05, 4.69) is 0 Å². The lowest BCUT2D eigenvalue weighted by Crippen LogP contribution is -2.55. The maximum Gasteiger partial charge on any atom is 0.415 e. The van der Waals surface area contributed by atoms with E-state index in [1.807, 2.05) is 6.08 Å². The summed E-state index contributed by atoms with van der Waals surface area (Å²) < 4.78 is 5.45. The molecule has 0 saturated heterocycles. The second-order valence-electron chi connectivity index (χ2n) is 7.91. The number of carbonyl (C=O) groups excluding carboxylic acids is 1. The predicted molar refractivity (Wildman–Crippen MR) is 98.0 cm³/mol. The van der Waals surface area contributed by atoms with Gasteiger partial charge in [0.1, 0.15) is 11.6 Å². The Morgan fingerprint density at radius 3 is 2.56 bits per heavy atom. The molecule has 3 rings (SSSR count). The molecule has 1 aliphatic carbocycles.